The van der Waals surface area contributed by atoms with E-state index in [1.54, 1.807) is 9.80 Å². The predicted octanol–water partition coefficient (Wildman–Crippen LogP) is 3.56. The van der Waals surface area contributed by atoms with Crippen molar-refractivity contribution in [3.63, 3.8) is 0 Å². The van der Waals surface area contributed by atoms with Gasteiger partial charge in [0.05, 0.1) is 18.7 Å². The molecule has 0 radical (unpaired) electrons. The average Bonchev–Trinajstić information content (AvgIpc) is 3.22. The predicted molar refractivity (Wildman–Crippen MR) is 122 cm³/mol. The highest BCUT2D eigenvalue weighted by Gasteiger charge is 2.50. The molecule has 0 saturated carbocycles. The molecule has 3 aromatic rings. The van der Waals surface area contributed by atoms with Crippen LogP contribution < -0.4 is 4.90 Å². The molecule has 0 aliphatic carbocycles. The first-order valence-electron chi connectivity index (χ1n) is 11.0. The molecule has 2 aromatic carbocycles. The van der Waals surface area contributed by atoms with Gasteiger partial charge in [-0.3, -0.25) is 9.59 Å². The van der Waals surface area contributed by atoms with E-state index in [0.29, 0.717) is 18.8 Å². The van der Waals surface area contributed by atoms with E-state index >= 15 is 0 Å². The third-order valence-corrected chi connectivity index (χ3v) is 6.38. The Balaban J connectivity index is 1.42. The molecule has 170 valence electrons. The van der Waals surface area contributed by atoms with Crippen molar-refractivity contribution in [2.24, 2.45) is 5.41 Å². The van der Waals surface area contributed by atoms with Gasteiger partial charge in [0.1, 0.15) is 11.9 Å². The molecule has 2 fully saturated rings. The number of urea groups is 1. The van der Waals surface area contributed by atoms with E-state index in [4.69, 9.17) is 0 Å². The summed E-state index contributed by atoms with van der Waals surface area (Å²) < 4.78 is 13.4. The van der Waals surface area contributed by atoms with Crippen molar-refractivity contribution < 1.29 is 18.8 Å². The van der Waals surface area contributed by atoms with Crippen LogP contribution in [0.25, 0.3) is 10.9 Å². The number of para-hydroxylation sites is 1. The summed E-state index contributed by atoms with van der Waals surface area (Å²) in [5, 5.41) is 0.996. The van der Waals surface area contributed by atoms with Gasteiger partial charge < -0.3 is 14.8 Å². The summed E-state index contributed by atoms with van der Waals surface area (Å²) in [6.07, 6.45) is 2.05. The van der Waals surface area contributed by atoms with Crippen molar-refractivity contribution in [1.82, 2.24) is 14.8 Å². The first kappa shape index (κ1) is 21.2. The molecule has 7 nitrogen and oxygen atoms in total. The Morgan fingerprint density at radius 3 is 2.58 bits per heavy atom. The number of aromatic amines is 1. The van der Waals surface area contributed by atoms with Crippen LogP contribution in [0.15, 0.2) is 54.7 Å². The van der Waals surface area contributed by atoms with Crippen LogP contribution in [0.5, 0.6) is 0 Å². The number of amides is 4. The standard InChI is InChI=1S/C25H25FN4O3/c1-25(2)14-28(22(31)11-16-12-27-20-6-4-3-5-19(16)20)13-21-23(32)30(24(33)29(21)15-25)18-9-7-17(26)8-10-18/h3-10,12,21,27H,11,13-15H2,1-2H3. The number of hydrogen-bond acceptors (Lipinski definition) is 3. The first-order chi connectivity index (χ1) is 15.7. The van der Waals surface area contributed by atoms with Gasteiger partial charge >= 0.3 is 6.03 Å². The van der Waals surface area contributed by atoms with Gasteiger partial charge in [0, 0.05) is 35.6 Å². The maximum absolute atomic E-state index is 13.4. The zero-order chi connectivity index (χ0) is 23.3. The molecule has 2 aliphatic rings. The van der Waals surface area contributed by atoms with Gasteiger partial charge in [-0.05, 0) is 35.9 Å². The fourth-order valence-corrected chi connectivity index (χ4v) is 4.86. The summed E-state index contributed by atoms with van der Waals surface area (Å²) in [4.78, 5) is 47.4. The van der Waals surface area contributed by atoms with Crippen LogP contribution in [0.4, 0.5) is 14.9 Å². The third kappa shape index (κ3) is 3.75. The monoisotopic (exact) mass is 448 g/mol. The lowest BCUT2D eigenvalue weighted by atomic mass is 9.92. The Hall–Kier alpha value is -3.68. The molecule has 8 heteroatoms. The minimum Gasteiger partial charge on any atom is -0.361 e. The molecule has 0 spiro atoms. The van der Waals surface area contributed by atoms with Gasteiger partial charge in [0.15, 0.2) is 0 Å². The fraction of sp³-hybridized carbons (Fsp3) is 0.320. The number of nitrogens with zero attached hydrogens (tertiary/aromatic N) is 3. The van der Waals surface area contributed by atoms with E-state index in [1.165, 1.54) is 24.3 Å². The molecule has 1 unspecified atom stereocenters. The zero-order valence-electron chi connectivity index (χ0n) is 18.5. The van der Waals surface area contributed by atoms with E-state index in [1.807, 2.05) is 44.3 Å². The number of hydrogen-bond donors (Lipinski definition) is 1. The summed E-state index contributed by atoms with van der Waals surface area (Å²) in [5.41, 5.74) is 1.79. The van der Waals surface area contributed by atoms with Crippen molar-refractivity contribution in [2.45, 2.75) is 26.3 Å². The number of anilines is 1. The maximum atomic E-state index is 13.4. The van der Waals surface area contributed by atoms with Crippen LogP contribution >= 0.6 is 0 Å². The number of benzene rings is 2. The summed E-state index contributed by atoms with van der Waals surface area (Å²) in [6, 6.07) is 11.9. The largest absolute Gasteiger partial charge is 0.361 e. The molecule has 0 bridgehead atoms. The molecule has 2 saturated heterocycles. The highest BCUT2D eigenvalue weighted by atomic mass is 19.1. The molecule has 4 amide bonds. The number of rotatable bonds is 3. The number of halogens is 1. The SMILES string of the molecule is CC1(C)CN(C(=O)Cc2c[nH]c3ccccc23)CC2C(=O)N(c3ccc(F)cc3)C(=O)N2C1. The number of nitrogens with one attached hydrogen (secondary N) is 1. The topological polar surface area (TPSA) is 76.7 Å². The Kier molecular flexibility index (Phi) is 4.96. The zero-order valence-corrected chi connectivity index (χ0v) is 18.5. The third-order valence-electron chi connectivity index (χ3n) is 6.38. The van der Waals surface area contributed by atoms with Gasteiger partial charge in [0.25, 0.3) is 5.91 Å². The molecule has 2 aliphatic heterocycles. The number of H-pyrrole nitrogens is 1. The summed E-state index contributed by atoms with van der Waals surface area (Å²) in [5.74, 6) is -0.924. The van der Waals surface area contributed by atoms with Crippen molar-refractivity contribution in [2.75, 3.05) is 24.5 Å². The van der Waals surface area contributed by atoms with Crippen molar-refractivity contribution in [1.29, 1.82) is 0 Å². The van der Waals surface area contributed by atoms with E-state index in [9.17, 15) is 18.8 Å². The molecular formula is C25H25FN4O3. The normalized spacial score (nSPS) is 20.3. The molecule has 3 heterocycles. The minimum absolute atomic E-state index is 0.0878. The average molecular weight is 448 g/mol. The Morgan fingerprint density at radius 2 is 1.82 bits per heavy atom. The van der Waals surface area contributed by atoms with Crippen LogP contribution in [-0.4, -0.2) is 58.3 Å². The van der Waals surface area contributed by atoms with Crippen LogP contribution in [-0.2, 0) is 16.0 Å². The van der Waals surface area contributed by atoms with Crippen LogP contribution in [0.3, 0.4) is 0 Å². The van der Waals surface area contributed by atoms with Gasteiger partial charge in [-0.15, -0.1) is 0 Å². The number of aromatic nitrogens is 1. The number of fused-ring (bicyclic) bond motifs is 2. The Morgan fingerprint density at radius 1 is 1.09 bits per heavy atom. The van der Waals surface area contributed by atoms with E-state index < -0.39 is 29.2 Å². The second kappa shape index (κ2) is 7.72. The van der Waals surface area contributed by atoms with Gasteiger partial charge in [-0.25, -0.2) is 14.1 Å². The Bertz CT molecular complexity index is 1250. The number of imide groups is 1. The van der Waals surface area contributed by atoms with E-state index in [-0.39, 0.29) is 18.9 Å². The second-order valence-corrected chi connectivity index (χ2v) is 9.55. The van der Waals surface area contributed by atoms with E-state index in [2.05, 4.69) is 4.98 Å². The lowest BCUT2D eigenvalue weighted by Gasteiger charge is -2.30. The smallest absolute Gasteiger partial charge is 0.332 e. The molecular weight excluding hydrogens is 423 g/mol. The lowest BCUT2D eigenvalue weighted by molar-refractivity contribution is -0.132. The molecule has 1 N–H and O–H groups in total. The van der Waals surface area contributed by atoms with Crippen LogP contribution in [0.2, 0.25) is 0 Å². The summed E-state index contributed by atoms with van der Waals surface area (Å²) in [7, 11) is 0. The van der Waals surface area contributed by atoms with Crippen LogP contribution in [0.1, 0.15) is 19.4 Å². The van der Waals surface area contributed by atoms with Gasteiger partial charge in [0.2, 0.25) is 5.91 Å². The Labute approximate surface area is 190 Å². The first-order valence-corrected chi connectivity index (χ1v) is 11.0. The summed E-state index contributed by atoms with van der Waals surface area (Å²) >= 11 is 0. The van der Waals surface area contributed by atoms with Gasteiger partial charge in [-0.2, -0.15) is 0 Å². The summed E-state index contributed by atoms with van der Waals surface area (Å²) in [6.45, 7) is 4.89. The van der Waals surface area contributed by atoms with Crippen LogP contribution in [0, 0.1) is 11.2 Å². The minimum atomic E-state index is -0.767. The molecule has 1 aromatic heterocycles. The second-order valence-electron chi connectivity index (χ2n) is 9.55. The number of carbonyl (C=O) groups is 3. The van der Waals surface area contributed by atoms with Crippen molar-refractivity contribution >= 4 is 34.4 Å². The van der Waals surface area contributed by atoms with E-state index in [0.717, 1.165) is 21.4 Å². The van der Waals surface area contributed by atoms with Gasteiger partial charge in [-0.1, -0.05) is 32.0 Å². The molecule has 5 rings (SSSR count). The highest BCUT2D eigenvalue weighted by molar-refractivity contribution is 6.21. The number of carbonyl (C=O) groups excluding carboxylic acids is 3. The quantitative estimate of drug-likeness (QED) is 0.623. The lowest BCUT2D eigenvalue weighted by Crippen LogP contribution is -2.44. The van der Waals surface area contributed by atoms with Crippen molar-refractivity contribution in [3.8, 4) is 0 Å². The molecule has 33 heavy (non-hydrogen) atoms. The van der Waals surface area contributed by atoms with Crippen molar-refractivity contribution in [3.05, 3.63) is 66.1 Å². The highest BCUT2D eigenvalue weighted by Crippen LogP contribution is 2.33. The maximum Gasteiger partial charge on any atom is 0.332 e. The molecule has 1 atom stereocenters. The fourth-order valence-electron chi connectivity index (χ4n) is 4.86.